The number of hydrogen-bond donors (Lipinski definition) is 3. The summed E-state index contributed by atoms with van der Waals surface area (Å²) >= 11 is 0. The summed E-state index contributed by atoms with van der Waals surface area (Å²) in [5.41, 5.74) is 0. The summed E-state index contributed by atoms with van der Waals surface area (Å²) < 4.78 is 5.47. The van der Waals surface area contributed by atoms with E-state index in [1.54, 1.807) is 7.05 Å². The van der Waals surface area contributed by atoms with Crippen LogP contribution in [0.3, 0.4) is 0 Å². The molecular formula is C18H38IN5O2. The molecule has 3 N–H and O–H groups in total. The number of nitrogens with zero attached hydrogens (tertiary/aromatic N) is 2. The van der Waals surface area contributed by atoms with Crippen molar-refractivity contribution in [2.24, 2.45) is 10.9 Å². The van der Waals surface area contributed by atoms with Crippen LogP contribution in [0.25, 0.3) is 0 Å². The highest BCUT2D eigenvalue weighted by Gasteiger charge is 2.22. The number of rotatable bonds is 10. The van der Waals surface area contributed by atoms with Gasteiger partial charge in [-0.25, -0.2) is 0 Å². The summed E-state index contributed by atoms with van der Waals surface area (Å²) in [4.78, 5) is 18.4. The van der Waals surface area contributed by atoms with E-state index in [-0.39, 0.29) is 29.9 Å². The molecule has 1 heterocycles. The lowest BCUT2D eigenvalue weighted by Crippen LogP contribution is -2.51. The molecule has 1 aliphatic heterocycles. The smallest absolute Gasteiger partial charge is 0.221 e. The standard InChI is InChI=1S/C18H37N5O2.HI/c1-5-7-20-17(24)6-8-21-18(19-4)22-14-16(13-15(2)3)23-9-11-25-12-10-23;/h15-16H,5-14H2,1-4H3,(H,20,24)(H2,19,21,22);1H. The summed E-state index contributed by atoms with van der Waals surface area (Å²) in [6, 6.07) is 0.468. The third-order valence-corrected chi connectivity index (χ3v) is 4.25. The molecule has 0 aromatic heterocycles. The highest BCUT2D eigenvalue weighted by atomic mass is 127. The predicted molar refractivity (Wildman–Crippen MR) is 118 cm³/mol. The molecule has 0 bridgehead atoms. The molecule has 7 nitrogen and oxygen atoms in total. The minimum Gasteiger partial charge on any atom is -0.379 e. The van der Waals surface area contributed by atoms with Crippen molar-refractivity contribution in [3.8, 4) is 0 Å². The minimum absolute atomic E-state index is 0. The van der Waals surface area contributed by atoms with Gasteiger partial charge in [0.25, 0.3) is 0 Å². The molecule has 1 rings (SSSR count). The summed E-state index contributed by atoms with van der Waals surface area (Å²) in [5.74, 6) is 1.48. The molecule has 0 aromatic carbocycles. The van der Waals surface area contributed by atoms with E-state index < -0.39 is 0 Å². The van der Waals surface area contributed by atoms with Gasteiger partial charge >= 0.3 is 0 Å². The molecule has 154 valence electrons. The van der Waals surface area contributed by atoms with E-state index in [2.05, 4.69) is 39.7 Å². The van der Waals surface area contributed by atoms with Gasteiger partial charge in [-0.05, 0) is 18.8 Å². The van der Waals surface area contributed by atoms with E-state index >= 15 is 0 Å². The maximum Gasteiger partial charge on any atom is 0.221 e. The third kappa shape index (κ3) is 11.2. The van der Waals surface area contributed by atoms with E-state index in [1.807, 2.05) is 6.92 Å². The predicted octanol–water partition coefficient (Wildman–Crippen LogP) is 1.43. The Hall–Kier alpha value is -0.610. The molecule has 0 aliphatic carbocycles. The molecule has 0 spiro atoms. The van der Waals surface area contributed by atoms with Crippen LogP contribution in [-0.2, 0) is 9.53 Å². The van der Waals surface area contributed by atoms with Gasteiger partial charge in [0.2, 0.25) is 5.91 Å². The molecule has 1 amide bonds. The topological polar surface area (TPSA) is 78.0 Å². The fourth-order valence-corrected chi connectivity index (χ4v) is 2.93. The lowest BCUT2D eigenvalue weighted by Gasteiger charge is -2.35. The number of morpholine rings is 1. The van der Waals surface area contributed by atoms with Crippen molar-refractivity contribution in [2.75, 3.05) is 53.0 Å². The van der Waals surface area contributed by atoms with Gasteiger partial charge in [0, 0.05) is 52.2 Å². The van der Waals surface area contributed by atoms with Gasteiger partial charge in [-0.15, -0.1) is 24.0 Å². The van der Waals surface area contributed by atoms with E-state index in [0.717, 1.165) is 58.2 Å². The zero-order valence-corrected chi connectivity index (χ0v) is 19.2. The minimum atomic E-state index is 0. The molecule has 1 atom stereocenters. The van der Waals surface area contributed by atoms with Gasteiger partial charge in [-0.2, -0.15) is 0 Å². The molecule has 0 radical (unpaired) electrons. The van der Waals surface area contributed by atoms with Crippen molar-refractivity contribution < 1.29 is 9.53 Å². The van der Waals surface area contributed by atoms with E-state index in [0.29, 0.717) is 24.9 Å². The maximum absolute atomic E-state index is 11.6. The van der Waals surface area contributed by atoms with Crippen LogP contribution in [0.15, 0.2) is 4.99 Å². The zero-order chi connectivity index (χ0) is 18.5. The van der Waals surface area contributed by atoms with Crippen LogP contribution < -0.4 is 16.0 Å². The van der Waals surface area contributed by atoms with Crippen LogP contribution in [0, 0.1) is 5.92 Å². The molecule has 0 aromatic rings. The summed E-state index contributed by atoms with van der Waals surface area (Å²) in [6.45, 7) is 12.3. The van der Waals surface area contributed by atoms with E-state index in [4.69, 9.17) is 4.74 Å². The SMILES string of the molecule is CCCNC(=O)CCNC(=NC)NCC(CC(C)C)N1CCOCC1.I. The number of aliphatic imine (C=N–C) groups is 1. The van der Waals surface area contributed by atoms with Gasteiger partial charge in [-0.1, -0.05) is 20.8 Å². The van der Waals surface area contributed by atoms with Crippen molar-refractivity contribution in [1.82, 2.24) is 20.9 Å². The number of hydrogen-bond acceptors (Lipinski definition) is 4. The lowest BCUT2D eigenvalue weighted by atomic mass is 10.0. The average molecular weight is 483 g/mol. The molecule has 26 heavy (non-hydrogen) atoms. The van der Waals surface area contributed by atoms with Crippen molar-refractivity contribution in [3.63, 3.8) is 0 Å². The number of carbonyl (C=O) groups excluding carboxylic acids is 1. The Morgan fingerprint density at radius 2 is 1.85 bits per heavy atom. The quantitative estimate of drug-likeness (QED) is 0.249. The third-order valence-electron chi connectivity index (χ3n) is 4.25. The first kappa shape index (κ1) is 25.4. The number of amides is 1. The lowest BCUT2D eigenvalue weighted by molar-refractivity contribution is -0.120. The first-order valence-electron chi connectivity index (χ1n) is 9.59. The zero-order valence-electron chi connectivity index (χ0n) is 16.8. The first-order valence-corrected chi connectivity index (χ1v) is 9.59. The van der Waals surface area contributed by atoms with E-state index in [1.165, 1.54) is 0 Å². The van der Waals surface area contributed by atoms with Crippen LogP contribution in [0.5, 0.6) is 0 Å². The second-order valence-electron chi connectivity index (χ2n) is 6.91. The first-order chi connectivity index (χ1) is 12.1. The molecule has 0 saturated carbocycles. The number of ether oxygens (including phenoxy) is 1. The van der Waals surface area contributed by atoms with Gasteiger partial charge in [0.1, 0.15) is 0 Å². The van der Waals surface area contributed by atoms with Gasteiger partial charge in [-0.3, -0.25) is 14.7 Å². The average Bonchev–Trinajstić information content (AvgIpc) is 2.62. The van der Waals surface area contributed by atoms with Gasteiger partial charge in [0.05, 0.1) is 13.2 Å². The Morgan fingerprint density at radius 1 is 1.15 bits per heavy atom. The maximum atomic E-state index is 11.6. The van der Waals surface area contributed by atoms with Crippen LogP contribution in [0.4, 0.5) is 0 Å². The van der Waals surface area contributed by atoms with Crippen LogP contribution in [0.1, 0.15) is 40.0 Å². The number of halogens is 1. The fraction of sp³-hybridized carbons (Fsp3) is 0.889. The molecule has 8 heteroatoms. The number of guanidine groups is 1. The van der Waals surface area contributed by atoms with Crippen molar-refractivity contribution in [3.05, 3.63) is 0 Å². The van der Waals surface area contributed by atoms with Crippen LogP contribution >= 0.6 is 24.0 Å². The highest BCUT2D eigenvalue weighted by molar-refractivity contribution is 14.0. The van der Waals surface area contributed by atoms with Crippen molar-refractivity contribution in [2.45, 2.75) is 46.1 Å². The Bertz CT molecular complexity index is 401. The Morgan fingerprint density at radius 3 is 2.42 bits per heavy atom. The summed E-state index contributed by atoms with van der Waals surface area (Å²) in [5, 5.41) is 9.52. The number of nitrogens with one attached hydrogen (secondary N) is 3. The number of carbonyl (C=O) groups is 1. The monoisotopic (exact) mass is 483 g/mol. The molecule has 1 unspecified atom stereocenters. The normalized spacial score (nSPS) is 16.7. The Balaban J connectivity index is 0.00000625. The van der Waals surface area contributed by atoms with Gasteiger partial charge < -0.3 is 20.7 Å². The van der Waals surface area contributed by atoms with Crippen LogP contribution in [0.2, 0.25) is 0 Å². The van der Waals surface area contributed by atoms with Gasteiger partial charge in [0.15, 0.2) is 5.96 Å². The second-order valence-corrected chi connectivity index (χ2v) is 6.91. The summed E-state index contributed by atoms with van der Waals surface area (Å²) in [6.07, 6.45) is 2.56. The largest absolute Gasteiger partial charge is 0.379 e. The van der Waals surface area contributed by atoms with Crippen LogP contribution in [-0.4, -0.2) is 75.8 Å². The van der Waals surface area contributed by atoms with Crippen molar-refractivity contribution in [1.29, 1.82) is 0 Å². The summed E-state index contributed by atoms with van der Waals surface area (Å²) in [7, 11) is 1.76. The molecule has 1 fully saturated rings. The van der Waals surface area contributed by atoms with E-state index in [9.17, 15) is 4.79 Å². The molecule has 1 saturated heterocycles. The Labute approximate surface area is 176 Å². The molecular weight excluding hydrogens is 445 g/mol. The highest BCUT2D eigenvalue weighted by Crippen LogP contribution is 2.12. The Kier molecular flexibility index (Phi) is 15.1. The second kappa shape index (κ2) is 15.4. The molecule has 1 aliphatic rings. The fourth-order valence-electron chi connectivity index (χ4n) is 2.93. The van der Waals surface area contributed by atoms with Crippen molar-refractivity contribution >= 4 is 35.8 Å².